The summed E-state index contributed by atoms with van der Waals surface area (Å²) in [6.45, 7) is 5.58. The molecule has 78 valence electrons. The van der Waals surface area contributed by atoms with Crippen molar-refractivity contribution in [2.24, 2.45) is 5.90 Å². The Balaban J connectivity index is 2.70. The fourth-order valence-corrected chi connectivity index (χ4v) is 1.28. The highest BCUT2D eigenvalue weighted by Crippen LogP contribution is 2.17. The van der Waals surface area contributed by atoms with Crippen LogP contribution >= 0.6 is 0 Å². The first kappa shape index (κ1) is 11.0. The number of rotatable bonds is 4. The van der Waals surface area contributed by atoms with Gasteiger partial charge in [0.2, 0.25) is 0 Å². The maximum absolute atomic E-state index is 4.98. The normalized spacial score (nSPS) is 10.3. The van der Waals surface area contributed by atoms with E-state index in [1.54, 1.807) is 0 Å². The van der Waals surface area contributed by atoms with Crippen molar-refractivity contribution in [2.75, 3.05) is 25.1 Å². The van der Waals surface area contributed by atoms with Gasteiger partial charge in [-0.3, -0.25) is 0 Å². The number of hydrogen-bond donors (Lipinski definition) is 1. The molecule has 0 radical (unpaired) electrons. The van der Waals surface area contributed by atoms with Crippen molar-refractivity contribution in [2.45, 2.75) is 13.8 Å². The molecule has 0 aliphatic rings. The summed E-state index contributed by atoms with van der Waals surface area (Å²) < 4.78 is 0. The number of aryl methyl sites for hydroxylation is 2. The zero-order chi connectivity index (χ0) is 10.6. The summed E-state index contributed by atoms with van der Waals surface area (Å²) in [4.78, 5) is 6.67. The monoisotopic (exact) mass is 194 g/mol. The number of anilines is 1. The second-order valence-corrected chi connectivity index (χ2v) is 3.56. The van der Waals surface area contributed by atoms with Crippen molar-refractivity contribution >= 4 is 5.69 Å². The average molecular weight is 194 g/mol. The molecule has 0 unspecified atom stereocenters. The Morgan fingerprint density at radius 2 is 2.00 bits per heavy atom. The predicted octanol–water partition coefficient (Wildman–Crippen LogP) is 1.63. The lowest BCUT2D eigenvalue weighted by Crippen LogP contribution is -2.23. The van der Waals surface area contributed by atoms with Crippen molar-refractivity contribution < 1.29 is 4.84 Å². The first-order valence-electron chi connectivity index (χ1n) is 4.75. The largest absolute Gasteiger partial charge is 0.372 e. The van der Waals surface area contributed by atoms with Crippen LogP contribution in [-0.4, -0.2) is 20.2 Å². The quantitative estimate of drug-likeness (QED) is 0.740. The number of nitrogens with two attached hydrogens (primary N) is 1. The predicted molar refractivity (Wildman–Crippen MR) is 59.3 cm³/mol. The minimum Gasteiger partial charge on any atom is -0.372 e. The smallest absolute Gasteiger partial charge is 0.0854 e. The molecule has 0 bridgehead atoms. The average Bonchev–Trinajstić information content (AvgIpc) is 2.18. The third-order valence-electron chi connectivity index (χ3n) is 2.48. The second-order valence-electron chi connectivity index (χ2n) is 3.56. The number of nitrogens with zero attached hydrogens (tertiary/aromatic N) is 1. The van der Waals surface area contributed by atoms with Crippen molar-refractivity contribution in [1.82, 2.24) is 0 Å². The maximum Gasteiger partial charge on any atom is 0.0854 e. The summed E-state index contributed by atoms with van der Waals surface area (Å²) in [5.74, 6) is 4.98. The van der Waals surface area contributed by atoms with Gasteiger partial charge in [0.1, 0.15) is 0 Å². The lowest BCUT2D eigenvalue weighted by molar-refractivity contribution is 0.145. The Labute approximate surface area is 85.4 Å². The molecule has 0 amide bonds. The van der Waals surface area contributed by atoms with E-state index < -0.39 is 0 Å². The molecule has 0 aromatic heterocycles. The fraction of sp³-hybridized carbons (Fsp3) is 0.455. The van der Waals surface area contributed by atoms with Gasteiger partial charge in [0.15, 0.2) is 0 Å². The highest BCUT2D eigenvalue weighted by molar-refractivity contribution is 5.49. The van der Waals surface area contributed by atoms with E-state index in [0.717, 1.165) is 6.54 Å². The number of likely N-dealkylation sites (N-methyl/N-ethyl adjacent to an activating group) is 1. The summed E-state index contributed by atoms with van der Waals surface area (Å²) >= 11 is 0. The molecule has 0 spiro atoms. The first-order chi connectivity index (χ1) is 6.65. The van der Waals surface area contributed by atoms with Crippen LogP contribution in [0, 0.1) is 13.8 Å². The van der Waals surface area contributed by atoms with Gasteiger partial charge in [-0.15, -0.1) is 0 Å². The molecule has 0 aliphatic heterocycles. The van der Waals surface area contributed by atoms with E-state index >= 15 is 0 Å². The van der Waals surface area contributed by atoms with E-state index in [1.807, 2.05) is 7.05 Å². The van der Waals surface area contributed by atoms with Gasteiger partial charge >= 0.3 is 0 Å². The highest BCUT2D eigenvalue weighted by atomic mass is 16.6. The molecule has 0 aliphatic carbocycles. The topological polar surface area (TPSA) is 38.5 Å². The molecule has 0 fully saturated rings. The molecule has 0 heterocycles. The van der Waals surface area contributed by atoms with E-state index in [1.165, 1.54) is 16.8 Å². The number of benzene rings is 1. The third-order valence-corrected chi connectivity index (χ3v) is 2.48. The minimum absolute atomic E-state index is 0.545. The Hall–Kier alpha value is -1.06. The van der Waals surface area contributed by atoms with Crippen LogP contribution in [0.15, 0.2) is 18.2 Å². The Morgan fingerprint density at radius 1 is 1.29 bits per heavy atom. The van der Waals surface area contributed by atoms with Gasteiger partial charge in [0.05, 0.1) is 6.61 Å². The summed E-state index contributed by atoms with van der Waals surface area (Å²) in [6, 6.07) is 6.41. The molecule has 1 rings (SSSR count). The van der Waals surface area contributed by atoms with Crippen LogP contribution < -0.4 is 10.8 Å². The van der Waals surface area contributed by atoms with Crippen LogP contribution in [0.1, 0.15) is 11.1 Å². The van der Waals surface area contributed by atoms with Crippen molar-refractivity contribution in [3.63, 3.8) is 0 Å². The fourth-order valence-electron chi connectivity index (χ4n) is 1.28. The molecular formula is C11H18N2O. The van der Waals surface area contributed by atoms with E-state index in [0.29, 0.717) is 6.61 Å². The van der Waals surface area contributed by atoms with Crippen LogP contribution in [0.2, 0.25) is 0 Å². The molecule has 0 saturated heterocycles. The molecule has 0 atom stereocenters. The zero-order valence-electron chi connectivity index (χ0n) is 9.08. The summed E-state index contributed by atoms with van der Waals surface area (Å²) in [5.41, 5.74) is 3.82. The van der Waals surface area contributed by atoms with Gasteiger partial charge in [-0.1, -0.05) is 6.07 Å². The van der Waals surface area contributed by atoms with Crippen molar-refractivity contribution in [3.8, 4) is 0 Å². The Bertz CT molecular complexity index is 299. The van der Waals surface area contributed by atoms with Gasteiger partial charge in [0, 0.05) is 19.3 Å². The summed E-state index contributed by atoms with van der Waals surface area (Å²) in [5, 5.41) is 0. The summed E-state index contributed by atoms with van der Waals surface area (Å²) in [6.07, 6.45) is 0. The van der Waals surface area contributed by atoms with E-state index in [4.69, 9.17) is 5.90 Å². The molecule has 2 N–H and O–H groups in total. The maximum atomic E-state index is 4.98. The molecule has 1 aromatic rings. The molecule has 1 aromatic carbocycles. The van der Waals surface area contributed by atoms with Gasteiger partial charge in [0.25, 0.3) is 0 Å². The van der Waals surface area contributed by atoms with Crippen molar-refractivity contribution in [3.05, 3.63) is 29.3 Å². The van der Waals surface area contributed by atoms with E-state index in [9.17, 15) is 0 Å². The molecule has 0 saturated carbocycles. The standard InChI is InChI=1S/C11H18N2O/c1-9-4-5-11(8-10(9)2)13(3)6-7-14-12/h4-5,8H,6-7,12H2,1-3H3. The van der Waals surface area contributed by atoms with Crippen LogP contribution in [0.4, 0.5) is 5.69 Å². The highest BCUT2D eigenvalue weighted by Gasteiger charge is 2.01. The molecule has 14 heavy (non-hydrogen) atoms. The molecule has 3 heteroatoms. The lowest BCUT2D eigenvalue weighted by Gasteiger charge is -2.19. The second kappa shape index (κ2) is 4.98. The minimum atomic E-state index is 0.545. The van der Waals surface area contributed by atoms with Gasteiger partial charge in [-0.2, -0.15) is 0 Å². The van der Waals surface area contributed by atoms with Crippen LogP contribution in [0.5, 0.6) is 0 Å². The zero-order valence-corrected chi connectivity index (χ0v) is 9.08. The summed E-state index contributed by atoms with van der Waals surface area (Å²) in [7, 11) is 2.03. The lowest BCUT2D eigenvalue weighted by atomic mass is 10.1. The van der Waals surface area contributed by atoms with Crippen LogP contribution in [0.3, 0.4) is 0 Å². The van der Waals surface area contributed by atoms with E-state index in [-0.39, 0.29) is 0 Å². The van der Waals surface area contributed by atoms with Gasteiger partial charge in [-0.25, -0.2) is 5.90 Å². The third kappa shape index (κ3) is 2.72. The molecule has 3 nitrogen and oxygen atoms in total. The molecular weight excluding hydrogens is 176 g/mol. The Kier molecular flexibility index (Phi) is 3.92. The van der Waals surface area contributed by atoms with Gasteiger partial charge in [-0.05, 0) is 37.1 Å². The first-order valence-corrected chi connectivity index (χ1v) is 4.75. The SMILES string of the molecule is Cc1ccc(N(C)CCON)cc1C. The van der Waals surface area contributed by atoms with Crippen LogP contribution in [-0.2, 0) is 4.84 Å². The van der Waals surface area contributed by atoms with Gasteiger partial charge < -0.3 is 9.74 Å². The van der Waals surface area contributed by atoms with Crippen LogP contribution in [0.25, 0.3) is 0 Å². The van der Waals surface area contributed by atoms with Crippen molar-refractivity contribution in [1.29, 1.82) is 0 Å². The van der Waals surface area contributed by atoms with E-state index in [2.05, 4.69) is 41.8 Å². The Morgan fingerprint density at radius 3 is 2.57 bits per heavy atom. The number of hydrogen-bond acceptors (Lipinski definition) is 3.